The highest BCUT2D eigenvalue weighted by molar-refractivity contribution is 7.91. The van der Waals surface area contributed by atoms with E-state index in [9.17, 15) is 13.2 Å². The number of rotatable bonds is 6. The van der Waals surface area contributed by atoms with Crippen LogP contribution in [0, 0.1) is 0 Å². The Morgan fingerprint density at radius 2 is 1.83 bits per heavy atom. The van der Waals surface area contributed by atoms with E-state index < -0.39 is 16.1 Å². The lowest BCUT2D eigenvalue weighted by atomic mass is 9.95. The molecule has 0 aliphatic carbocycles. The van der Waals surface area contributed by atoms with Gasteiger partial charge in [0.1, 0.15) is 16.0 Å². The van der Waals surface area contributed by atoms with Gasteiger partial charge in [0.15, 0.2) is 0 Å². The maximum Gasteiger partial charge on any atom is 0.253 e. The second-order valence-electron chi connectivity index (χ2n) is 7.04. The zero-order valence-corrected chi connectivity index (χ0v) is 18.1. The standard InChI is InChI=1S/C22H22N2O4S2/c1-28-19-10-8-16(9-11-19)14-23-22(25)20-13-17-5-2-3-6-18(17)15-24(20)30(26,27)21-7-4-12-29-21/h2-12,20H,13-15H2,1H3,(H,23,25)/t20-/m1/s1. The average molecular weight is 443 g/mol. The molecule has 156 valence electrons. The maximum absolute atomic E-state index is 13.3. The van der Waals surface area contributed by atoms with Gasteiger partial charge >= 0.3 is 0 Å². The Morgan fingerprint density at radius 3 is 2.50 bits per heavy atom. The number of carbonyl (C=O) groups excluding carboxylic acids is 1. The summed E-state index contributed by atoms with van der Waals surface area (Å²) < 4.78 is 33.2. The van der Waals surface area contributed by atoms with Crippen LogP contribution in [-0.4, -0.2) is 31.8 Å². The summed E-state index contributed by atoms with van der Waals surface area (Å²) in [5, 5.41) is 4.63. The van der Waals surface area contributed by atoms with E-state index in [1.165, 1.54) is 4.31 Å². The largest absolute Gasteiger partial charge is 0.497 e. The summed E-state index contributed by atoms with van der Waals surface area (Å²) >= 11 is 1.16. The van der Waals surface area contributed by atoms with Crippen molar-refractivity contribution in [2.75, 3.05) is 7.11 Å². The van der Waals surface area contributed by atoms with E-state index in [0.29, 0.717) is 13.0 Å². The SMILES string of the molecule is COc1ccc(CNC(=O)[C@H]2Cc3ccccc3CN2S(=O)(=O)c2cccs2)cc1. The molecule has 0 bridgehead atoms. The summed E-state index contributed by atoms with van der Waals surface area (Å²) in [7, 11) is -2.18. The number of hydrogen-bond acceptors (Lipinski definition) is 5. The number of amides is 1. The van der Waals surface area contributed by atoms with Gasteiger partial charge in [-0.2, -0.15) is 4.31 Å². The van der Waals surface area contributed by atoms with E-state index in [1.54, 1.807) is 24.6 Å². The summed E-state index contributed by atoms with van der Waals surface area (Å²) in [4.78, 5) is 13.1. The Kier molecular flexibility index (Phi) is 5.90. The predicted molar refractivity (Wildman–Crippen MR) is 116 cm³/mol. The number of fused-ring (bicyclic) bond motifs is 1. The van der Waals surface area contributed by atoms with Gasteiger partial charge < -0.3 is 10.1 Å². The molecule has 1 amide bonds. The number of nitrogens with one attached hydrogen (secondary N) is 1. The van der Waals surface area contributed by atoms with E-state index >= 15 is 0 Å². The predicted octanol–water partition coefficient (Wildman–Crippen LogP) is 3.19. The Balaban J connectivity index is 1.58. The van der Waals surface area contributed by atoms with Crippen LogP contribution >= 0.6 is 11.3 Å². The van der Waals surface area contributed by atoms with Crippen molar-refractivity contribution in [1.82, 2.24) is 9.62 Å². The van der Waals surface area contributed by atoms with Gasteiger partial charge in [0, 0.05) is 13.1 Å². The molecule has 0 spiro atoms. The molecule has 0 fully saturated rings. The summed E-state index contributed by atoms with van der Waals surface area (Å²) in [6, 6.07) is 17.5. The van der Waals surface area contributed by atoms with E-state index in [2.05, 4.69) is 5.32 Å². The molecule has 2 aromatic carbocycles. The molecule has 1 aromatic heterocycles. The zero-order chi connectivity index (χ0) is 21.1. The Labute approximate surface area is 180 Å². The van der Waals surface area contributed by atoms with Gasteiger partial charge in [-0.15, -0.1) is 11.3 Å². The molecule has 0 saturated carbocycles. The van der Waals surface area contributed by atoms with Crippen LogP contribution in [0.5, 0.6) is 5.75 Å². The molecule has 30 heavy (non-hydrogen) atoms. The number of thiophene rings is 1. The third kappa shape index (κ3) is 4.12. The molecule has 1 atom stereocenters. The normalized spacial score (nSPS) is 16.6. The van der Waals surface area contributed by atoms with Crippen molar-refractivity contribution in [3.05, 3.63) is 82.7 Å². The summed E-state index contributed by atoms with van der Waals surface area (Å²) in [6.45, 7) is 0.491. The number of carbonyl (C=O) groups is 1. The van der Waals surface area contributed by atoms with Crippen LogP contribution in [0.15, 0.2) is 70.3 Å². The van der Waals surface area contributed by atoms with E-state index in [-0.39, 0.29) is 16.7 Å². The number of sulfonamides is 1. The molecule has 8 heteroatoms. The Hall–Kier alpha value is -2.68. The van der Waals surface area contributed by atoms with Crippen LogP contribution in [0.3, 0.4) is 0 Å². The maximum atomic E-state index is 13.3. The summed E-state index contributed by atoms with van der Waals surface area (Å²) in [5.41, 5.74) is 2.84. The van der Waals surface area contributed by atoms with Crippen LogP contribution in [0.25, 0.3) is 0 Å². The highest BCUT2D eigenvalue weighted by Gasteiger charge is 2.39. The fraction of sp³-hybridized carbons (Fsp3) is 0.227. The molecule has 6 nitrogen and oxygen atoms in total. The van der Waals surface area contributed by atoms with Gasteiger partial charge in [0.05, 0.1) is 7.11 Å². The molecule has 0 radical (unpaired) electrons. The van der Waals surface area contributed by atoms with Gasteiger partial charge in [-0.3, -0.25) is 4.79 Å². The van der Waals surface area contributed by atoms with Crippen LogP contribution in [0.4, 0.5) is 0 Å². The number of methoxy groups -OCH3 is 1. The first-order valence-corrected chi connectivity index (χ1v) is 11.8. The average Bonchev–Trinajstić information content (AvgIpc) is 3.33. The fourth-order valence-electron chi connectivity index (χ4n) is 3.55. The second kappa shape index (κ2) is 8.59. The van der Waals surface area contributed by atoms with Crippen LogP contribution in [0.1, 0.15) is 16.7 Å². The summed E-state index contributed by atoms with van der Waals surface area (Å²) in [6.07, 6.45) is 0.342. The molecule has 0 saturated heterocycles. The van der Waals surface area contributed by atoms with Crippen molar-refractivity contribution in [2.45, 2.75) is 29.8 Å². The first-order chi connectivity index (χ1) is 14.5. The van der Waals surface area contributed by atoms with Crippen molar-refractivity contribution >= 4 is 27.3 Å². The molecule has 1 N–H and O–H groups in total. The van der Waals surface area contributed by atoms with E-state index in [4.69, 9.17) is 4.74 Å². The molecular weight excluding hydrogens is 420 g/mol. The second-order valence-corrected chi connectivity index (χ2v) is 10.1. The zero-order valence-electron chi connectivity index (χ0n) is 16.4. The van der Waals surface area contributed by atoms with Crippen molar-refractivity contribution < 1.29 is 17.9 Å². The minimum Gasteiger partial charge on any atom is -0.497 e. The molecule has 0 unspecified atom stereocenters. The van der Waals surface area contributed by atoms with Gasteiger partial charge in [0.25, 0.3) is 10.0 Å². The first-order valence-electron chi connectivity index (χ1n) is 9.52. The van der Waals surface area contributed by atoms with Crippen molar-refractivity contribution in [1.29, 1.82) is 0 Å². The first kappa shape index (κ1) is 20.6. The van der Waals surface area contributed by atoms with Crippen LogP contribution in [0.2, 0.25) is 0 Å². The highest BCUT2D eigenvalue weighted by atomic mass is 32.2. The third-order valence-electron chi connectivity index (χ3n) is 5.19. The van der Waals surface area contributed by atoms with Gasteiger partial charge in [0.2, 0.25) is 5.91 Å². The molecular formula is C22H22N2O4S2. The molecule has 1 aliphatic heterocycles. The summed E-state index contributed by atoms with van der Waals surface area (Å²) in [5.74, 6) is 0.433. The number of ether oxygens (including phenoxy) is 1. The number of hydrogen-bond donors (Lipinski definition) is 1. The minimum atomic E-state index is -3.77. The Morgan fingerprint density at radius 1 is 1.10 bits per heavy atom. The topological polar surface area (TPSA) is 75.7 Å². The fourth-order valence-corrected chi connectivity index (χ4v) is 6.24. The van der Waals surface area contributed by atoms with Crippen molar-refractivity contribution in [3.63, 3.8) is 0 Å². The van der Waals surface area contributed by atoms with Gasteiger partial charge in [-0.25, -0.2) is 8.42 Å². The lowest BCUT2D eigenvalue weighted by Crippen LogP contribution is -2.52. The molecule has 2 heterocycles. The third-order valence-corrected chi connectivity index (χ3v) is 8.42. The van der Waals surface area contributed by atoms with Crippen LogP contribution in [-0.2, 0) is 34.3 Å². The van der Waals surface area contributed by atoms with Crippen molar-refractivity contribution in [2.24, 2.45) is 0 Å². The molecule has 1 aliphatic rings. The minimum absolute atomic E-state index is 0.178. The van der Waals surface area contributed by atoms with Crippen molar-refractivity contribution in [3.8, 4) is 5.75 Å². The lowest BCUT2D eigenvalue weighted by molar-refractivity contribution is -0.125. The smallest absolute Gasteiger partial charge is 0.253 e. The number of benzene rings is 2. The molecule has 4 rings (SSSR count). The van der Waals surface area contributed by atoms with E-state index in [1.807, 2.05) is 48.5 Å². The van der Waals surface area contributed by atoms with E-state index in [0.717, 1.165) is 33.8 Å². The highest BCUT2D eigenvalue weighted by Crippen LogP contribution is 2.31. The Bertz CT molecular complexity index is 1130. The van der Waals surface area contributed by atoms with Gasteiger partial charge in [-0.05, 0) is 46.7 Å². The number of nitrogens with zero attached hydrogens (tertiary/aromatic N) is 1. The molecule has 3 aromatic rings. The quantitative estimate of drug-likeness (QED) is 0.636. The van der Waals surface area contributed by atoms with Crippen LogP contribution < -0.4 is 10.1 Å². The monoisotopic (exact) mass is 442 g/mol. The lowest BCUT2D eigenvalue weighted by Gasteiger charge is -2.34. The van der Waals surface area contributed by atoms with Gasteiger partial charge in [-0.1, -0.05) is 42.5 Å².